The molecule has 1 aromatic heterocycles. The maximum absolute atomic E-state index is 12.4. The zero-order chi connectivity index (χ0) is 16.9. The number of halogens is 1. The number of rotatable bonds is 4. The van der Waals surface area contributed by atoms with Gasteiger partial charge in [-0.1, -0.05) is 12.1 Å². The molecule has 3 rings (SSSR count). The van der Waals surface area contributed by atoms with Crippen molar-refractivity contribution in [2.24, 2.45) is 0 Å². The number of amides is 2. The molecule has 1 aliphatic heterocycles. The molecule has 126 valence electrons. The van der Waals surface area contributed by atoms with Gasteiger partial charge in [0.1, 0.15) is 11.9 Å². The van der Waals surface area contributed by atoms with Crippen molar-refractivity contribution in [2.45, 2.75) is 12.5 Å². The third-order valence-corrected chi connectivity index (χ3v) is 4.24. The molecule has 0 bridgehead atoms. The van der Waals surface area contributed by atoms with Gasteiger partial charge in [0, 0.05) is 29.7 Å². The van der Waals surface area contributed by atoms with Crippen LogP contribution in [0.5, 0.6) is 11.6 Å². The molecule has 1 aromatic carbocycles. The van der Waals surface area contributed by atoms with E-state index in [2.05, 4.69) is 26.2 Å². The zero-order valence-electron chi connectivity index (χ0n) is 13.2. The van der Waals surface area contributed by atoms with E-state index >= 15 is 0 Å². The molecule has 1 N–H and O–H groups in total. The number of ether oxygens (including phenoxy) is 2. The van der Waals surface area contributed by atoms with Gasteiger partial charge in [-0.15, -0.1) is 0 Å². The first-order valence-corrected chi connectivity index (χ1v) is 8.42. The molecule has 1 fully saturated rings. The molecule has 2 amide bonds. The van der Waals surface area contributed by atoms with Gasteiger partial charge in [0.25, 0.3) is 0 Å². The maximum Gasteiger partial charge on any atom is 0.322 e. The summed E-state index contributed by atoms with van der Waals surface area (Å²) >= 11 is 3.34. The third-order valence-electron chi connectivity index (χ3n) is 3.77. The second kappa shape index (κ2) is 7.53. The Morgan fingerprint density at radius 2 is 2.17 bits per heavy atom. The molecule has 2 heterocycles. The van der Waals surface area contributed by atoms with Crippen LogP contribution in [0.3, 0.4) is 0 Å². The highest BCUT2D eigenvalue weighted by molar-refractivity contribution is 9.10. The number of pyridine rings is 1. The van der Waals surface area contributed by atoms with Crippen molar-refractivity contribution in [3.05, 3.63) is 47.1 Å². The van der Waals surface area contributed by atoms with Crippen LogP contribution in [0.25, 0.3) is 0 Å². The van der Waals surface area contributed by atoms with Crippen molar-refractivity contribution in [1.82, 2.24) is 9.88 Å². The van der Waals surface area contributed by atoms with E-state index in [1.807, 2.05) is 36.4 Å². The van der Waals surface area contributed by atoms with Crippen LogP contribution in [0.4, 0.5) is 10.5 Å². The maximum atomic E-state index is 12.4. The number of hydrogen-bond acceptors (Lipinski definition) is 4. The number of anilines is 1. The summed E-state index contributed by atoms with van der Waals surface area (Å²) in [6, 6.07) is 10.9. The van der Waals surface area contributed by atoms with Crippen LogP contribution in [-0.2, 0) is 0 Å². The number of urea groups is 1. The van der Waals surface area contributed by atoms with Crippen LogP contribution in [-0.4, -0.2) is 42.2 Å². The van der Waals surface area contributed by atoms with Gasteiger partial charge in [-0.3, -0.25) is 0 Å². The van der Waals surface area contributed by atoms with E-state index in [-0.39, 0.29) is 12.1 Å². The molecule has 1 aliphatic rings. The number of hydrogen-bond donors (Lipinski definition) is 1. The summed E-state index contributed by atoms with van der Waals surface area (Å²) in [6.45, 7) is 1.17. The molecule has 0 unspecified atom stereocenters. The molecule has 1 saturated heterocycles. The average Bonchev–Trinajstić information content (AvgIpc) is 3.06. The predicted molar refractivity (Wildman–Crippen MR) is 94.6 cm³/mol. The molecular formula is C17H18BrN3O3. The molecule has 24 heavy (non-hydrogen) atoms. The summed E-state index contributed by atoms with van der Waals surface area (Å²) in [4.78, 5) is 18.3. The van der Waals surface area contributed by atoms with Crippen molar-refractivity contribution in [3.63, 3.8) is 0 Å². The number of methoxy groups -OCH3 is 1. The molecule has 0 radical (unpaired) electrons. The first-order chi connectivity index (χ1) is 11.7. The molecule has 0 aliphatic carbocycles. The summed E-state index contributed by atoms with van der Waals surface area (Å²) in [5.41, 5.74) is 0.656. The van der Waals surface area contributed by atoms with Gasteiger partial charge in [-0.25, -0.2) is 9.78 Å². The minimum absolute atomic E-state index is 0.0536. The number of nitrogens with zero attached hydrogens (tertiary/aromatic N) is 2. The lowest BCUT2D eigenvalue weighted by Gasteiger charge is -2.18. The fraction of sp³-hybridized carbons (Fsp3) is 0.294. The van der Waals surface area contributed by atoms with E-state index in [9.17, 15) is 4.79 Å². The van der Waals surface area contributed by atoms with Gasteiger partial charge in [0.15, 0.2) is 0 Å². The quantitative estimate of drug-likeness (QED) is 0.865. The van der Waals surface area contributed by atoms with E-state index in [4.69, 9.17) is 9.47 Å². The highest BCUT2D eigenvalue weighted by Crippen LogP contribution is 2.24. The number of benzene rings is 1. The summed E-state index contributed by atoms with van der Waals surface area (Å²) in [7, 11) is 1.58. The van der Waals surface area contributed by atoms with Gasteiger partial charge < -0.3 is 19.7 Å². The zero-order valence-corrected chi connectivity index (χ0v) is 14.8. The summed E-state index contributed by atoms with van der Waals surface area (Å²) in [5.74, 6) is 1.20. The standard InChI is InChI=1S/C17H18BrN3O3/c1-23-15-5-3-2-4-14(15)20-17(22)21-9-8-13(11-21)24-16-7-6-12(18)10-19-16/h2-7,10,13H,8-9,11H2,1H3,(H,20,22)/t13-/m1/s1. The van der Waals surface area contributed by atoms with Crippen LogP contribution < -0.4 is 14.8 Å². The monoisotopic (exact) mass is 391 g/mol. The Balaban J connectivity index is 1.56. The van der Waals surface area contributed by atoms with E-state index in [1.165, 1.54) is 0 Å². The van der Waals surface area contributed by atoms with Gasteiger partial charge >= 0.3 is 6.03 Å². The van der Waals surface area contributed by atoms with E-state index < -0.39 is 0 Å². The predicted octanol–water partition coefficient (Wildman–Crippen LogP) is 3.54. The van der Waals surface area contributed by atoms with Gasteiger partial charge in [-0.05, 0) is 34.1 Å². The fourth-order valence-corrected chi connectivity index (χ4v) is 2.79. The summed E-state index contributed by atoms with van der Waals surface area (Å²) < 4.78 is 12.0. The summed E-state index contributed by atoms with van der Waals surface area (Å²) in [5, 5.41) is 2.88. The number of carbonyl (C=O) groups excluding carboxylic acids is 1. The molecule has 0 spiro atoms. The lowest BCUT2D eigenvalue weighted by Crippen LogP contribution is -2.34. The normalized spacial score (nSPS) is 16.8. The SMILES string of the molecule is COc1ccccc1NC(=O)N1CC[C@@H](Oc2ccc(Br)cn2)C1. The molecule has 2 aromatic rings. The second-order valence-corrected chi connectivity index (χ2v) is 6.34. The highest BCUT2D eigenvalue weighted by atomic mass is 79.9. The lowest BCUT2D eigenvalue weighted by atomic mass is 10.3. The first-order valence-electron chi connectivity index (χ1n) is 7.63. The largest absolute Gasteiger partial charge is 0.495 e. The van der Waals surface area contributed by atoms with Gasteiger partial charge in [-0.2, -0.15) is 0 Å². The topological polar surface area (TPSA) is 63.7 Å². The van der Waals surface area contributed by atoms with Crippen LogP contribution in [0.15, 0.2) is 47.1 Å². The minimum Gasteiger partial charge on any atom is -0.495 e. The molecule has 1 atom stereocenters. The number of likely N-dealkylation sites (tertiary alicyclic amines) is 1. The fourth-order valence-electron chi connectivity index (χ4n) is 2.55. The van der Waals surface area contributed by atoms with Crippen LogP contribution in [0, 0.1) is 0 Å². The van der Waals surface area contributed by atoms with Crippen LogP contribution in [0.2, 0.25) is 0 Å². The number of carbonyl (C=O) groups is 1. The van der Waals surface area contributed by atoms with Crippen molar-refractivity contribution in [2.75, 3.05) is 25.5 Å². The third kappa shape index (κ3) is 3.97. The highest BCUT2D eigenvalue weighted by Gasteiger charge is 2.28. The number of aromatic nitrogens is 1. The van der Waals surface area contributed by atoms with Gasteiger partial charge in [0.2, 0.25) is 5.88 Å². The Kier molecular flexibility index (Phi) is 5.20. The van der Waals surface area contributed by atoms with Crippen LogP contribution in [0.1, 0.15) is 6.42 Å². The van der Waals surface area contributed by atoms with Crippen LogP contribution >= 0.6 is 15.9 Å². The van der Waals surface area contributed by atoms with Crippen molar-refractivity contribution in [3.8, 4) is 11.6 Å². The first kappa shape index (κ1) is 16.6. The van der Waals surface area contributed by atoms with Crippen molar-refractivity contribution in [1.29, 1.82) is 0 Å². The molecule has 6 nitrogen and oxygen atoms in total. The average molecular weight is 392 g/mol. The Morgan fingerprint density at radius 1 is 1.33 bits per heavy atom. The number of nitrogens with one attached hydrogen (secondary N) is 1. The Bertz CT molecular complexity index is 708. The van der Waals surface area contributed by atoms with Crippen molar-refractivity contribution < 1.29 is 14.3 Å². The van der Waals surface area contributed by atoms with E-state index in [0.717, 1.165) is 10.9 Å². The number of para-hydroxylation sites is 2. The smallest absolute Gasteiger partial charge is 0.322 e. The summed E-state index contributed by atoms with van der Waals surface area (Å²) in [6.07, 6.45) is 2.41. The van der Waals surface area contributed by atoms with Gasteiger partial charge in [0.05, 0.1) is 19.3 Å². The lowest BCUT2D eigenvalue weighted by molar-refractivity contribution is 0.190. The molecule has 0 saturated carbocycles. The van der Waals surface area contributed by atoms with E-state index in [0.29, 0.717) is 30.4 Å². The Hall–Kier alpha value is -2.28. The second-order valence-electron chi connectivity index (χ2n) is 5.42. The minimum atomic E-state index is -0.158. The van der Waals surface area contributed by atoms with E-state index in [1.54, 1.807) is 18.2 Å². The Morgan fingerprint density at radius 3 is 2.92 bits per heavy atom. The van der Waals surface area contributed by atoms with Crippen molar-refractivity contribution >= 4 is 27.6 Å². The Labute approximate surface area is 148 Å². The molecular weight excluding hydrogens is 374 g/mol. The molecule has 7 heteroatoms.